The van der Waals surface area contributed by atoms with Crippen LogP contribution in [-0.2, 0) is 16.6 Å². The molecule has 2 amide bonds. The van der Waals surface area contributed by atoms with Crippen molar-refractivity contribution in [1.82, 2.24) is 24.6 Å². The fraction of sp³-hybridized carbons (Fsp3) is 0.529. The molecule has 0 aliphatic carbocycles. The summed E-state index contributed by atoms with van der Waals surface area (Å²) >= 11 is 3.03. The second-order valence-electron chi connectivity index (χ2n) is 6.55. The van der Waals surface area contributed by atoms with E-state index in [1.807, 2.05) is 34.0 Å². The summed E-state index contributed by atoms with van der Waals surface area (Å²) in [6.45, 7) is 2.48. The number of amides is 2. The molecule has 2 fully saturated rings. The van der Waals surface area contributed by atoms with E-state index in [9.17, 15) is 9.59 Å². The summed E-state index contributed by atoms with van der Waals surface area (Å²) < 4.78 is 6.93. The number of carbonyl (C=O) groups excluding carboxylic acids is 2. The zero-order chi connectivity index (χ0) is 18.8. The van der Waals surface area contributed by atoms with Crippen LogP contribution in [-0.4, -0.2) is 74.6 Å². The second-order valence-corrected chi connectivity index (χ2v) is 8.44. The fourth-order valence-electron chi connectivity index (χ4n) is 3.44. The van der Waals surface area contributed by atoms with Gasteiger partial charge < -0.3 is 19.1 Å². The van der Waals surface area contributed by atoms with E-state index in [0.29, 0.717) is 32.0 Å². The topological polar surface area (TPSA) is 80.6 Å². The van der Waals surface area contributed by atoms with Gasteiger partial charge in [-0.3, -0.25) is 4.79 Å². The van der Waals surface area contributed by atoms with E-state index in [4.69, 9.17) is 4.74 Å². The number of thioether (sulfide) groups is 1. The van der Waals surface area contributed by atoms with Crippen molar-refractivity contribution in [3.8, 4) is 10.7 Å². The molecule has 0 bridgehead atoms. The molecule has 2 aromatic rings. The highest BCUT2D eigenvalue weighted by Crippen LogP contribution is 2.26. The highest BCUT2D eigenvalue weighted by atomic mass is 32.2. The minimum absolute atomic E-state index is 0.100. The first-order valence-electron chi connectivity index (χ1n) is 8.90. The molecule has 0 N–H and O–H groups in total. The second kappa shape index (κ2) is 7.89. The van der Waals surface area contributed by atoms with Gasteiger partial charge in [-0.15, -0.1) is 21.5 Å². The van der Waals surface area contributed by atoms with Gasteiger partial charge in [0.25, 0.3) is 0 Å². The van der Waals surface area contributed by atoms with Crippen molar-refractivity contribution in [3.63, 3.8) is 0 Å². The quantitative estimate of drug-likeness (QED) is 0.706. The molecule has 2 aliphatic rings. The third kappa shape index (κ3) is 3.81. The van der Waals surface area contributed by atoms with Crippen LogP contribution in [0.15, 0.2) is 22.7 Å². The Morgan fingerprint density at radius 1 is 1.33 bits per heavy atom. The number of hydrogen-bond acceptors (Lipinski definition) is 7. The molecule has 0 atom stereocenters. The van der Waals surface area contributed by atoms with Gasteiger partial charge in [0.15, 0.2) is 11.0 Å². The molecule has 4 heterocycles. The number of cyclic esters (lactones) is 1. The summed E-state index contributed by atoms with van der Waals surface area (Å²) in [5.41, 5.74) is 0. The van der Waals surface area contributed by atoms with Gasteiger partial charge in [0.05, 0.1) is 17.2 Å². The van der Waals surface area contributed by atoms with Crippen LogP contribution in [0.3, 0.4) is 0 Å². The number of carbonyl (C=O) groups is 2. The number of hydrogen-bond donors (Lipinski definition) is 0. The molecule has 0 aromatic carbocycles. The van der Waals surface area contributed by atoms with Crippen molar-refractivity contribution < 1.29 is 14.3 Å². The van der Waals surface area contributed by atoms with Gasteiger partial charge in [-0.05, 0) is 24.3 Å². The van der Waals surface area contributed by atoms with Gasteiger partial charge in [0.2, 0.25) is 5.91 Å². The third-order valence-corrected chi connectivity index (χ3v) is 6.82. The van der Waals surface area contributed by atoms with E-state index < -0.39 is 0 Å². The summed E-state index contributed by atoms with van der Waals surface area (Å²) in [5, 5.41) is 11.2. The van der Waals surface area contributed by atoms with Crippen LogP contribution in [0.2, 0.25) is 0 Å². The first kappa shape index (κ1) is 18.3. The number of rotatable bonds is 5. The van der Waals surface area contributed by atoms with Crippen LogP contribution in [0.5, 0.6) is 0 Å². The Morgan fingerprint density at radius 3 is 2.81 bits per heavy atom. The van der Waals surface area contributed by atoms with E-state index in [2.05, 4.69) is 10.2 Å². The molecule has 0 unspecified atom stereocenters. The smallest absolute Gasteiger partial charge is 0.410 e. The molecule has 8 nitrogen and oxygen atoms in total. The maximum Gasteiger partial charge on any atom is 0.410 e. The van der Waals surface area contributed by atoms with Crippen molar-refractivity contribution >= 4 is 35.1 Å². The monoisotopic (exact) mass is 407 g/mol. The van der Waals surface area contributed by atoms with Crippen LogP contribution in [0.1, 0.15) is 12.8 Å². The molecule has 0 saturated carbocycles. The minimum Gasteiger partial charge on any atom is -0.448 e. The average molecular weight is 408 g/mol. The Hall–Kier alpha value is -2.07. The molecule has 2 aliphatic heterocycles. The lowest BCUT2D eigenvalue weighted by Crippen LogP contribution is -2.47. The number of thiophene rings is 1. The van der Waals surface area contributed by atoms with E-state index >= 15 is 0 Å². The Morgan fingerprint density at radius 2 is 2.15 bits per heavy atom. The predicted octanol–water partition coefficient (Wildman–Crippen LogP) is 2.08. The Bertz CT molecular complexity index is 815. The SMILES string of the molecule is Cn1c(SCC(=O)N2CCC(N3CCOC3=O)CC2)nnc1-c1cccs1. The first-order chi connectivity index (χ1) is 13.1. The zero-order valence-electron chi connectivity index (χ0n) is 15.0. The van der Waals surface area contributed by atoms with Crippen molar-refractivity contribution in [2.24, 2.45) is 7.05 Å². The predicted molar refractivity (Wildman–Crippen MR) is 103 cm³/mol. The van der Waals surface area contributed by atoms with Crippen LogP contribution >= 0.6 is 23.1 Å². The van der Waals surface area contributed by atoms with Gasteiger partial charge in [-0.25, -0.2) is 4.79 Å². The molecule has 0 spiro atoms. The van der Waals surface area contributed by atoms with Crippen molar-refractivity contribution in [2.75, 3.05) is 32.0 Å². The van der Waals surface area contributed by atoms with E-state index in [1.165, 1.54) is 11.8 Å². The number of aromatic nitrogens is 3. The average Bonchev–Trinajstić information content (AvgIpc) is 3.42. The molecular formula is C17H21N5O3S2. The van der Waals surface area contributed by atoms with E-state index in [-0.39, 0.29) is 18.0 Å². The lowest BCUT2D eigenvalue weighted by atomic mass is 10.0. The Labute approximate surface area is 165 Å². The summed E-state index contributed by atoms with van der Waals surface area (Å²) in [4.78, 5) is 29.0. The number of piperidine rings is 1. The summed E-state index contributed by atoms with van der Waals surface area (Å²) in [7, 11) is 1.92. The van der Waals surface area contributed by atoms with Crippen LogP contribution in [0, 0.1) is 0 Å². The molecular weight excluding hydrogens is 386 g/mol. The van der Waals surface area contributed by atoms with Crippen LogP contribution in [0.4, 0.5) is 4.79 Å². The highest BCUT2D eigenvalue weighted by molar-refractivity contribution is 7.99. The van der Waals surface area contributed by atoms with E-state index in [0.717, 1.165) is 28.7 Å². The molecule has 4 rings (SSSR count). The van der Waals surface area contributed by atoms with Crippen molar-refractivity contribution in [3.05, 3.63) is 17.5 Å². The largest absolute Gasteiger partial charge is 0.448 e. The first-order valence-corrected chi connectivity index (χ1v) is 10.8. The number of ether oxygens (including phenoxy) is 1. The fourth-order valence-corrected chi connectivity index (χ4v) is 5.00. The lowest BCUT2D eigenvalue weighted by molar-refractivity contribution is -0.129. The molecule has 2 aromatic heterocycles. The van der Waals surface area contributed by atoms with Gasteiger partial charge in [0, 0.05) is 26.2 Å². The summed E-state index contributed by atoms with van der Waals surface area (Å²) in [6.07, 6.45) is 1.38. The maximum atomic E-state index is 12.6. The molecule has 144 valence electrons. The van der Waals surface area contributed by atoms with Crippen molar-refractivity contribution in [1.29, 1.82) is 0 Å². The Balaban J connectivity index is 1.29. The van der Waals surface area contributed by atoms with Crippen LogP contribution in [0.25, 0.3) is 10.7 Å². The standard InChI is InChI=1S/C17H21N5O3S2/c1-20-15(13-3-2-10-26-13)18-19-16(20)27-11-14(23)21-6-4-12(5-7-21)22-8-9-25-17(22)24/h2-3,10,12H,4-9,11H2,1H3. The molecule has 27 heavy (non-hydrogen) atoms. The van der Waals surface area contributed by atoms with Crippen molar-refractivity contribution in [2.45, 2.75) is 24.0 Å². The highest BCUT2D eigenvalue weighted by Gasteiger charge is 2.33. The number of likely N-dealkylation sites (tertiary alicyclic amines) is 1. The normalized spacial score (nSPS) is 18.2. The Kier molecular flexibility index (Phi) is 5.35. The van der Waals surface area contributed by atoms with Gasteiger partial charge in [-0.2, -0.15) is 0 Å². The summed E-state index contributed by atoms with van der Waals surface area (Å²) in [5.74, 6) is 1.26. The summed E-state index contributed by atoms with van der Waals surface area (Å²) in [6, 6.07) is 4.18. The van der Waals surface area contributed by atoms with Crippen LogP contribution < -0.4 is 0 Å². The van der Waals surface area contributed by atoms with Gasteiger partial charge in [0.1, 0.15) is 6.61 Å². The molecule has 10 heteroatoms. The maximum absolute atomic E-state index is 12.6. The van der Waals surface area contributed by atoms with Gasteiger partial charge in [-0.1, -0.05) is 17.8 Å². The third-order valence-electron chi connectivity index (χ3n) is 4.95. The van der Waals surface area contributed by atoms with Gasteiger partial charge >= 0.3 is 6.09 Å². The lowest BCUT2D eigenvalue weighted by Gasteiger charge is -2.35. The molecule has 2 saturated heterocycles. The minimum atomic E-state index is -0.223. The molecule has 0 radical (unpaired) electrons. The van der Waals surface area contributed by atoms with E-state index in [1.54, 1.807) is 16.2 Å². The number of nitrogens with zero attached hydrogens (tertiary/aromatic N) is 5. The zero-order valence-corrected chi connectivity index (χ0v) is 16.7.